The number of hydrogen-bond acceptors (Lipinski definition) is 6. The molecule has 0 spiro atoms. The van der Waals surface area contributed by atoms with Crippen molar-refractivity contribution in [2.75, 3.05) is 7.11 Å². The minimum atomic E-state index is -5.81. The summed E-state index contributed by atoms with van der Waals surface area (Å²) in [7, 11) is -5.07. The third kappa shape index (κ3) is 2.76. The Morgan fingerprint density at radius 1 is 1.05 bits per heavy atom. The van der Waals surface area contributed by atoms with Crippen molar-refractivity contribution in [2.24, 2.45) is 0 Å². The van der Waals surface area contributed by atoms with Crippen LogP contribution < -0.4 is 4.74 Å². The Morgan fingerprint density at radius 3 is 1.79 bits per heavy atom. The van der Waals surface area contributed by atoms with Crippen LogP contribution in [0, 0.1) is 23.3 Å². The summed E-state index contributed by atoms with van der Waals surface area (Å²) in [5, 5.41) is 0. The molecule has 0 aliphatic heterocycles. The van der Waals surface area contributed by atoms with E-state index >= 15 is 0 Å². The summed E-state index contributed by atoms with van der Waals surface area (Å²) < 4.78 is 91.7. The molecule has 0 unspecified atom stereocenters. The van der Waals surface area contributed by atoms with Crippen LogP contribution in [0.25, 0.3) is 0 Å². The lowest BCUT2D eigenvalue weighted by atomic mass is 10.3. The Bertz CT molecular complexity index is 612. The zero-order chi connectivity index (χ0) is 15.0. The van der Waals surface area contributed by atoms with Crippen molar-refractivity contribution >= 4 is 16.3 Å². The zero-order valence-corrected chi connectivity index (χ0v) is 9.69. The fraction of sp³-hybridized carbons (Fsp3) is 0.125. The minimum Gasteiger partial charge on any atom is -0.744 e. The first kappa shape index (κ1) is 15.2. The highest BCUT2D eigenvalue weighted by molar-refractivity contribution is 7.85. The Kier molecular flexibility index (Phi) is 4.00. The topological polar surface area (TPSA) is 92.7 Å². The Hall–Kier alpha value is -1.88. The highest BCUT2D eigenvalue weighted by Gasteiger charge is 2.31. The van der Waals surface area contributed by atoms with E-state index in [9.17, 15) is 35.3 Å². The van der Waals surface area contributed by atoms with Gasteiger partial charge in [-0.25, -0.2) is 22.0 Å². The monoisotopic (exact) mass is 303 g/mol. The minimum absolute atomic E-state index is 0.737. The van der Waals surface area contributed by atoms with Crippen LogP contribution >= 0.6 is 0 Å². The Morgan fingerprint density at radius 2 is 1.47 bits per heavy atom. The van der Waals surface area contributed by atoms with Gasteiger partial charge in [-0.2, -0.15) is 8.78 Å². The van der Waals surface area contributed by atoms with Gasteiger partial charge >= 0.3 is 6.16 Å². The molecule has 6 nitrogen and oxygen atoms in total. The predicted octanol–water partition coefficient (Wildman–Crippen LogP) is 1.29. The fourth-order valence-corrected chi connectivity index (χ4v) is 1.64. The van der Waals surface area contributed by atoms with Crippen LogP contribution in [0.3, 0.4) is 0 Å². The van der Waals surface area contributed by atoms with E-state index in [0.717, 1.165) is 7.11 Å². The lowest BCUT2D eigenvalue weighted by Crippen LogP contribution is -2.15. The third-order valence-corrected chi connectivity index (χ3v) is 2.64. The van der Waals surface area contributed by atoms with Crippen molar-refractivity contribution in [3.8, 4) is 5.75 Å². The molecule has 1 aromatic carbocycles. The number of rotatable bonds is 2. The molecule has 0 saturated heterocycles. The van der Waals surface area contributed by atoms with Crippen molar-refractivity contribution < 1.29 is 44.8 Å². The van der Waals surface area contributed by atoms with Crippen LogP contribution in [-0.4, -0.2) is 26.2 Å². The highest BCUT2D eigenvalue weighted by atomic mass is 32.2. The number of methoxy groups -OCH3 is 1. The molecule has 0 fully saturated rings. The van der Waals surface area contributed by atoms with Crippen LogP contribution in [0.5, 0.6) is 5.75 Å². The van der Waals surface area contributed by atoms with E-state index in [1.165, 1.54) is 0 Å². The normalized spacial score (nSPS) is 11.3. The second-order valence-corrected chi connectivity index (χ2v) is 4.24. The molecule has 0 atom stereocenters. The number of carbonyl (C=O) groups is 1. The van der Waals surface area contributed by atoms with Crippen LogP contribution in [0.2, 0.25) is 0 Å². The van der Waals surface area contributed by atoms with Gasteiger partial charge in [0.25, 0.3) is 0 Å². The van der Waals surface area contributed by atoms with Crippen molar-refractivity contribution in [3.05, 3.63) is 23.3 Å². The molecule has 0 aromatic heterocycles. The van der Waals surface area contributed by atoms with Crippen molar-refractivity contribution in [1.29, 1.82) is 0 Å². The molecule has 0 amide bonds. The van der Waals surface area contributed by atoms with Crippen LogP contribution in [0.15, 0.2) is 4.90 Å². The molecular formula is C8H3F4O6S-. The van der Waals surface area contributed by atoms with Crippen LogP contribution in [0.4, 0.5) is 22.4 Å². The van der Waals surface area contributed by atoms with Gasteiger partial charge in [-0.3, -0.25) is 0 Å². The number of benzene rings is 1. The average molecular weight is 303 g/mol. The molecule has 0 heterocycles. The maximum Gasteiger partial charge on any atom is 0.513 e. The standard InChI is InChI=1S/C8H4F4O6S/c1-17-8(13)18-6-2(9)4(11)7(19(14,15)16)5(12)3(6)10/h1H3,(H,14,15,16)/p-1. The van der Waals surface area contributed by atoms with Crippen LogP contribution in [0.1, 0.15) is 0 Å². The van der Waals surface area contributed by atoms with Gasteiger partial charge in [0, 0.05) is 0 Å². The Labute approximate surface area is 103 Å². The molecule has 106 valence electrons. The van der Waals surface area contributed by atoms with E-state index in [2.05, 4.69) is 9.47 Å². The van der Waals surface area contributed by atoms with Crippen molar-refractivity contribution in [3.63, 3.8) is 0 Å². The second-order valence-electron chi connectivity index (χ2n) is 2.92. The molecular weight excluding hydrogens is 300 g/mol. The molecule has 0 saturated carbocycles. The maximum atomic E-state index is 13.2. The van der Waals surface area contributed by atoms with Gasteiger partial charge in [-0.1, -0.05) is 0 Å². The van der Waals surface area contributed by atoms with E-state index in [-0.39, 0.29) is 0 Å². The molecule has 0 radical (unpaired) electrons. The van der Waals surface area contributed by atoms with Gasteiger partial charge in [-0.05, 0) is 0 Å². The average Bonchev–Trinajstić information content (AvgIpc) is 2.30. The fourth-order valence-electron chi connectivity index (χ4n) is 1.03. The first-order chi connectivity index (χ1) is 8.61. The van der Waals surface area contributed by atoms with Crippen molar-refractivity contribution in [2.45, 2.75) is 4.90 Å². The van der Waals surface area contributed by atoms with Gasteiger partial charge in [0.15, 0.2) is 11.6 Å². The van der Waals surface area contributed by atoms with Gasteiger partial charge in [-0.15, -0.1) is 0 Å². The lowest BCUT2D eigenvalue weighted by Gasteiger charge is -2.13. The largest absolute Gasteiger partial charge is 0.744 e. The quantitative estimate of drug-likeness (QED) is 0.269. The first-order valence-corrected chi connectivity index (χ1v) is 5.59. The third-order valence-electron chi connectivity index (χ3n) is 1.78. The van der Waals surface area contributed by atoms with E-state index in [1.54, 1.807) is 0 Å². The molecule has 1 aromatic rings. The highest BCUT2D eigenvalue weighted by Crippen LogP contribution is 2.32. The summed E-state index contributed by atoms with van der Waals surface area (Å²) in [4.78, 5) is 8.24. The van der Waals surface area contributed by atoms with Gasteiger partial charge < -0.3 is 14.0 Å². The first-order valence-electron chi connectivity index (χ1n) is 4.18. The summed E-state index contributed by atoms with van der Waals surface area (Å²) in [6.07, 6.45) is -1.71. The van der Waals surface area contributed by atoms with Crippen LogP contribution in [-0.2, 0) is 14.9 Å². The molecule has 1 rings (SSSR count). The summed E-state index contributed by atoms with van der Waals surface area (Å²) in [5.41, 5.74) is 0. The van der Waals surface area contributed by atoms with Gasteiger partial charge in [0.1, 0.15) is 15.0 Å². The number of ether oxygens (including phenoxy) is 2. The van der Waals surface area contributed by atoms with E-state index < -0.39 is 50.2 Å². The predicted molar refractivity (Wildman–Crippen MR) is 47.3 cm³/mol. The Balaban J connectivity index is 3.62. The summed E-state index contributed by atoms with van der Waals surface area (Å²) in [5.74, 6) is -11.6. The maximum absolute atomic E-state index is 13.2. The summed E-state index contributed by atoms with van der Waals surface area (Å²) >= 11 is 0. The number of hydrogen-bond donors (Lipinski definition) is 0. The summed E-state index contributed by atoms with van der Waals surface area (Å²) in [6.45, 7) is 0. The molecule has 0 aliphatic rings. The second kappa shape index (κ2) is 5.01. The summed E-state index contributed by atoms with van der Waals surface area (Å²) in [6, 6.07) is 0. The molecule has 19 heavy (non-hydrogen) atoms. The number of carbonyl (C=O) groups excluding carboxylic acids is 1. The lowest BCUT2D eigenvalue weighted by molar-refractivity contribution is 0.116. The SMILES string of the molecule is COC(=O)Oc1c(F)c(F)c(S(=O)(=O)[O-])c(F)c1F. The molecule has 11 heteroatoms. The molecule has 0 bridgehead atoms. The van der Waals surface area contributed by atoms with E-state index in [1.807, 2.05) is 0 Å². The number of halogens is 4. The smallest absolute Gasteiger partial charge is 0.513 e. The molecule has 0 aliphatic carbocycles. The van der Waals surface area contributed by atoms with Gasteiger partial charge in [0.05, 0.1) is 7.11 Å². The molecule has 0 N–H and O–H groups in total. The van der Waals surface area contributed by atoms with E-state index in [0.29, 0.717) is 0 Å². The van der Waals surface area contributed by atoms with Gasteiger partial charge in [0.2, 0.25) is 17.4 Å². The zero-order valence-electron chi connectivity index (χ0n) is 8.87. The van der Waals surface area contributed by atoms with Crippen molar-refractivity contribution in [1.82, 2.24) is 0 Å². The van der Waals surface area contributed by atoms with E-state index in [4.69, 9.17) is 0 Å².